The molecule has 2 heterocycles. The number of rotatable bonds is 22. The molecule has 16 heteroatoms. The number of likely N-dealkylation sites (tertiary alicyclic amines) is 1. The lowest BCUT2D eigenvalue weighted by molar-refractivity contribution is -0.142. The van der Waals surface area contributed by atoms with Gasteiger partial charge in [-0.3, -0.25) is 33.6 Å². The van der Waals surface area contributed by atoms with Gasteiger partial charge >= 0.3 is 0 Å². The normalized spacial score (nSPS) is 17.2. The van der Waals surface area contributed by atoms with E-state index < -0.39 is 77.6 Å². The maximum atomic E-state index is 14.8. The molecule has 10 N–H and O–H groups in total. The van der Waals surface area contributed by atoms with Crippen molar-refractivity contribution in [3.05, 3.63) is 120 Å². The number of primary amides is 1. The zero-order valence-electron chi connectivity index (χ0n) is 39.9. The molecule has 7 amide bonds. The largest absolute Gasteiger partial charge is 0.368 e. The second kappa shape index (κ2) is 24.5. The molecule has 7 rings (SSSR count). The summed E-state index contributed by atoms with van der Waals surface area (Å²) in [6, 6.07) is 24.0. The van der Waals surface area contributed by atoms with E-state index >= 15 is 0 Å². The number of carbonyl (C=O) groups is 7. The fraction of sp³-hybridized carbons (Fsp3) is 0.426. The number of fused-ring (bicyclic) bond motifs is 2. The van der Waals surface area contributed by atoms with Crippen molar-refractivity contribution in [2.45, 2.75) is 127 Å². The van der Waals surface area contributed by atoms with Gasteiger partial charge in [-0.2, -0.15) is 0 Å². The van der Waals surface area contributed by atoms with Crippen LogP contribution < -0.4 is 38.1 Å². The summed E-state index contributed by atoms with van der Waals surface area (Å²) in [5, 5.41) is 17.2. The Labute approximate surface area is 408 Å². The van der Waals surface area contributed by atoms with E-state index in [-0.39, 0.29) is 44.7 Å². The summed E-state index contributed by atoms with van der Waals surface area (Å²) in [5.41, 5.74) is 15.1. The third-order valence-electron chi connectivity index (χ3n) is 13.7. The predicted octanol–water partition coefficient (Wildman–Crippen LogP) is 3.98. The Kier molecular flexibility index (Phi) is 17.8. The summed E-state index contributed by atoms with van der Waals surface area (Å²) in [5.74, 6) is -3.73. The topological polar surface area (TPSA) is 251 Å². The van der Waals surface area contributed by atoms with Crippen molar-refractivity contribution in [2.75, 3.05) is 13.1 Å². The second-order valence-electron chi connectivity index (χ2n) is 18.9. The third-order valence-corrected chi connectivity index (χ3v) is 13.7. The number of nitrogens with two attached hydrogens (primary N) is 2. The van der Waals surface area contributed by atoms with E-state index in [1.54, 1.807) is 6.20 Å². The zero-order chi connectivity index (χ0) is 49.6. The van der Waals surface area contributed by atoms with Gasteiger partial charge in [-0.25, -0.2) is 0 Å². The first-order valence-corrected chi connectivity index (χ1v) is 24.7. The highest BCUT2D eigenvalue weighted by Crippen LogP contribution is 2.29. The van der Waals surface area contributed by atoms with Crippen molar-refractivity contribution in [3.63, 3.8) is 0 Å². The average Bonchev–Trinajstić information content (AvgIpc) is 4.03. The van der Waals surface area contributed by atoms with Crippen LogP contribution in [0.15, 0.2) is 103 Å². The smallest absolute Gasteiger partial charge is 0.245 e. The van der Waals surface area contributed by atoms with E-state index in [0.717, 1.165) is 70.5 Å². The number of nitrogens with one attached hydrogen (secondary N) is 6. The van der Waals surface area contributed by atoms with Crippen LogP contribution in [0.5, 0.6) is 0 Å². The lowest BCUT2D eigenvalue weighted by Gasteiger charge is -2.32. The third kappa shape index (κ3) is 13.4. The molecular formula is C54H67N9O7. The molecule has 1 aliphatic carbocycles. The summed E-state index contributed by atoms with van der Waals surface area (Å²) in [4.78, 5) is 102. The van der Waals surface area contributed by atoms with Gasteiger partial charge in [-0.05, 0) is 78.1 Å². The molecule has 1 aromatic heterocycles. The summed E-state index contributed by atoms with van der Waals surface area (Å²) in [6.45, 7) is 1.83. The Morgan fingerprint density at radius 1 is 0.629 bits per heavy atom. The number of carbonyl (C=O) groups excluding carboxylic acids is 7. The van der Waals surface area contributed by atoms with Crippen LogP contribution in [0.2, 0.25) is 0 Å². The molecule has 1 saturated carbocycles. The maximum Gasteiger partial charge on any atom is 0.245 e. The molecule has 0 bridgehead atoms. The van der Waals surface area contributed by atoms with Crippen LogP contribution in [-0.4, -0.2) is 101 Å². The van der Waals surface area contributed by atoms with E-state index in [1.165, 1.54) is 11.8 Å². The lowest BCUT2D eigenvalue weighted by atomic mass is 9.84. The number of H-pyrrole nitrogens is 1. The molecule has 370 valence electrons. The summed E-state index contributed by atoms with van der Waals surface area (Å²) >= 11 is 0. The minimum Gasteiger partial charge on any atom is -0.368 e. The maximum absolute atomic E-state index is 14.8. The van der Waals surface area contributed by atoms with Gasteiger partial charge in [0.25, 0.3) is 0 Å². The van der Waals surface area contributed by atoms with Gasteiger partial charge in [0.1, 0.15) is 36.3 Å². The Hall–Kier alpha value is -7.07. The van der Waals surface area contributed by atoms with Crippen LogP contribution in [0.4, 0.5) is 0 Å². The first-order valence-electron chi connectivity index (χ1n) is 24.7. The Morgan fingerprint density at radius 2 is 1.26 bits per heavy atom. The van der Waals surface area contributed by atoms with E-state index in [0.29, 0.717) is 25.7 Å². The lowest BCUT2D eigenvalue weighted by Crippen LogP contribution is -2.60. The van der Waals surface area contributed by atoms with Gasteiger partial charge in [-0.1, -0.05) is 123 Å². The van der Waals surface area contributed by atoms with Crippen molar-refractivity contribution in [1.29, 1.82) is 0 Å². The van der Waals surface area contributed by atoms with Crippen molar-refractivity contribution < 1.29 is 33.6 Å². The van der Waals surface area contributed by atoms with Crippen molar-refractivity contribution in [1.82, 2.24) is 36.5 Å². The Morgan fingerprint density at radius 3 is 1.99 bits per heavy atom. The molecule has 1 aliphatic heterocycles. The molecule has 0 spiro atoms. The highest BCUT2D eigenvalue weighted by atomic mass is 16.2. The standard InChI is InChI=1S/C54H67N9O7/c1-34(64)58-45(29-35-15-4-2-5-16-35)50(66)59-43(25-13-27-55)54(70)63-28-14-26-48(63)53(69)62-46(30-36-17-6-3-7-18-36)51(67)61-47(32-39-33-57-42-24-11-10-23-41(39)42)52(68)60-44(49(56)65)31-38-21-12-20-37-19-8-9-22-40(37)38/h2,4-5,8-12,15-16,19-24,33,36,43-48,57H,3,6-7,13-14,17-18,25-32,55H2,1H3,(H2,56,65)(H,58,64)(H,59,66)(H,60,68)(H,61,67)(H,62,69)/t43-,44-,45-,46+,47-,48-/m0/s1. The van der Waals surface area contributed by atoms with E-state index in [4.69, 9.17) is 11.5 Å². The SMILES string of the molecule is CC(=O)N[C@@H](Cc1ccccc1)C(=O)N[C@@H](CCCN)C(=O)N1CCC[C@H]1C(=O)N[C@H](CC1CCCCC1)C(=O)N[C@@H](Cc1c[nH]c2ccccc12)C(=O)N[C@@H](Cc1cccc2ccccc12)C(N)=O. The molecular weight excluding hydrogens is 887 g/mol. The van der Waals surface area contributed by atoms with Crippen LogP contribution in [-0.2, 0) is 52.8 Å². The number of hydrogen-bond acceptors (Lipinski definition) is 8. The van der Waals surface area contributed by atoms with Gasteiger partial charge in [0.05, 0.1) is 0 Å². The van der Waals surface area contributed by atoms with Crippen molar-refractivity contribution in [2.24, 2.45) is 17.4 Å². The number of aromatic nitrogens is 1. The monoisotopic (exact) mass is 954 g/mol. The van der Waals surface area contributed by atoms with Crippen LogP contribution >= 0.6 is 0 Å². The quantitative estimate of drug-likeness (QED) is 0.0503. The number of nitrogens with zero attached hydrogens (tertiary/aromatic N) is 1. The number of para-hydroxylation sites is 1. The molecule has 0 radical (unpaired) electrons. The fourth-order valence-corrected chi connectivity index (χ4v) is 10.1. The number of hydrogen-bond donors (Lipinski definition) is 8. The van der Waals surface area contributed by atoms with Gasteiger partial charge in [0, 0.05) is 49.8 Å². The van der Waals surface area contributed by atoms with E-state index in [2.05, 4.69) is 31.6 Å². The van der Waals surface area contributed by atoms with Crippen LogP contribution in [0, 0.1) is 5.92 Å². The van der Waals surface area contributed by atoms with Crippen molar-refractivity contribution in [3.8, 4) is 0 Å². The highest BCUT2D eigenvalue weighted by molar-refractivity contribution is 5.98. The Bertz CT molecular complexity index is 2620. The molecule has 2 aliphatic rings. The van der Waals surface area contributed by atoms with Crippen LogP contribution in [0.1, 0.15) is 87.8 Å². The minimum absolute atomic E-state index is 0.0559. The van der Waals surface area contributed by atoms with E-state index in [1.807, 2.05) is 97.1 Å². The van der Waals surface area contributed by atoms with Gasteiger partial charge in [0.2, 0.25) is 41.4 Å². The second-order valence-corrected chi connectivity index (χ2v) is 18.9. The molecule has 16 nitrogen and oxygen atoms in total. The summed E-state index contributed by atoms with van der Waals surface area (Å²) < 4.78 is 0. The highest BCUT2D eigenvalue weighted by Gasteiger charge is 2.40. The molecule has 1 saturated heterocycles. The molecule has 0 unspecified atom stereocenters. The van der Waals surface area contributed by atoms with Crippen LogP contribution in [0.3, 0.4) is 0 Å². The van der Waals surface area contributed by atoms with Gasteiger partial charge < -0.3 is 47.9 Å². The van der Waals surface area contributed by atoms with Crippen LogP contribution in [0.25, 0.3) is 21.7 Å². The molecule has 2 fully saturated rings. The summed E-state index contributed by atoms with van der Waals surface area (Å²) in [6.07, 6.45) is 8.70. The molecule has 70 heavy (non-hydrogen) atoms. The zero-order valence-corrected chi connectivity index (χ0v) is 39.9. The average molecular weight is 954 g/mol. The first-order chi connectivity index (χ1) is 33.9. The molecule has 5 aromatic rings. The van der Waals surface area contributed by atoms with Gasteiger partial charge in [-0.15, -0.1) is 0 Å². The number of amides is 7. The molecule has 4 aromatic carbocycles. The van der Waals surface area contributed by atoms with Crippen molar-refractivity contribution >= 4 is 63.0 Å². The predicted molar refractivity (Wildman–Crippen MR) is 269 cm³/mol. The minimum atomic E-state index is -1.19. The Balaban J connectivity index is 1.11. The molecule has 6 atom stereocenters. The van der Waals surface area contributed by atoms with Gasteiger partial charge in [0.15, 0.2) is 0 Å². The first kappa shape index (κ1) is 50.8. The fourth-order valence-electron chi connectivity index (χ4n) is 10.1. The van der Waals surface area contributed by atoms with E-state index in [9.17, 15) is 33.6 Å². The number of benzene rings is 4. The summed E-state index contributed by atoms with van der Waals surface area (Å²) in [7, 11) is 0. The number of aromatic amines is 1.